The number of hydrogen-bond donors (Lipinski definition) is 3. The van der Waals surface area contributed by atoms with Crippen LogP contribution in [0.2, 0.25) is 0 Å². The summed E-state index contributed by atoms with van der Waals surface area (Å²) in [6.45, 7) is 6.24. The molecule has 30 heavy (non-hydrogen) atoms. The summed E-state index contributed by atoms with van der Waals surface area (Å²) < 4.78 is 13.4. The van der Waals surface area contributed by atoms with E-state index < -0.39 is 34.6 Å². The van der Waals surface area contributed by atoms with Crippen LogP contribution in [0.5, 0.6) is 0 Å². The standard InChI is InChI=1S/C24H35NO5/c1-15(26)17-6-7-23-18-5-4-16-12-22(28)9-8-20(16,2)24(18,30-22)19(27)13-21(17,23)14-25(3)10-11-29-23/h5-6,15-16,19,26-28H,4,7-14H2,1-3H3/t15?,16-,19-,20+,21+,22+,23?,24+/m1/s1. The molecule has 0 aromatic heterocycles. The van der Waals surface area contributed by atoms with E-state index in [1.54, 1.807) is 0 Å². The van der Waals surface area contributed by atoms with Gasteiger partial charge in [0, 0.05) is 36.8 Å². The molecule has 3 aliphatic heterocycles. The molecule has 6 heteroatoms. The largest absolute Gasteiger partial charge is 0.390 e. The predicted octanol–water partition coefficient (Wildman–Crippen LogP) is 1.74. The van der Waals surface area contributed by atoms with Crippen molar-refractivity contribution < 1.29 is 24.8 Å². The third-order valence-corrected chi connectivity index (χ3v) is 9.90. The van der Waals surface area contributed by atoms with Crippen molar-refractivity contribution in [2.75, 3.05) is 26.7 Å². The average molecular weight is 418 g/mol. The van der Waals surface area contributed by atoms with Gasteiger partial charge in [0.05, 0.1) is 18.8 Å². The number of allylic oxidation sites excluding steroid dienone is 1. The lowest BCUT2D eigenvalue weighted by atomic mass is 9.41. The van der Waals surface area contributed by atoms with E-state index in [1.165, 1.54) is 0 Å². The predicted molar refractivity (Wildman–Crippen MR) is 111 cm³/mol. The molecule has 7 aliphatic rings. The van der Waals surface area contributed by atoms with Gasteiger partial charge in [-0.3, -0.25) is 0 Å². The van der Waals surface area contributed by atoms with Gasteiger partial charge in [-0.15, -0.1) is 0 Å². The van der Waals surface area contributed by atoms with Crippen molar-refractivity contribution in [3.8, 4) is 0 Å². The summed E-state index contributed by atoms with van der Waals surface area (Å²) in [7, 11) is 2.09. The number of rotatable bonds is 1. The Kier molecular flexibility index (Phi) is 3.83. The van der Waals surface area contributed by atoms with E-state index in [9.17, 15) is 15.3 Å². The molecule has 0 amide bonds. The zero-order valence-corrected chi connectivity index (χ0v) is 18.4. The molecule has 5 fully saturated rings. The molecule has 3 heterocycles. The summed E-state index contributed by atoms with van der Waals surface area (Å²) in [5.74, 6) is -0.869. The quantitative estimate of drug-likeness (QED) is 0.564. The molecule has 3 saturated heterocycles. The molecule has 6 nitrogen and oxygen atoms in total. The van der Waals surface area contributed by atoms with E-state index in [1.807, 2.05) is 6.92 Å². The summed E-state index contributed by atoms with van der Waals surface area (Å²) in [5.41, 5.74) is -0.252. The van der Waals surface area contributed by atoms with E-state index in [4.69, 9.17) is 9.47 Å². The Morgan fingerprint density at radius 2 is 2.03 bits per heavy atom. The maximum absolute atomic E-state index is 11.9. The highest BCUT2D eigenvalue weighted by molar-refractivity contribution is 5.52. The number of hydrogen-bond acceptors (Lipinski definition) is 6. The van der Waals surface area contributed by atoms with Gasteiger partial charge in [-0.1, -0.05) is 19.1 Å². The number of nitrogens with zero attached hydrogens (tertiary/aromatic N) is 1. The van der Waals surface area contributed by atoms with Gasteiger partial charge in [0.2, 0.25) is 0 Å². The lowest BCUT2D eigenvalue weighted by Crippen LogP contribution is -2.79. The highest BCUT2D eigenvalue weighted by Crippen LogP contribution is 2.74. The highest BCUT2D eigenvalue weighted by Gasteiger charge is 2.79. The molecule has 3 N–H and O–H groups in total. The molecule has 0 aromatic rings. The third-order valence-electron chi connectivity index (χ3n) is 9.90. The van der Waals surface area contributed by atoms with E-state index >= 15 is 0 Å². The van der Waals surface area contributed by atoms with Crippen LogP contribution in [-0.2, 0) is 9.47 Å². The molecule has 1 spiro atoms. The van der Waals surface area contributed by atoms with Crippen LogP contribution in [0.25, 0.3) is 0 Å². The first kappa shape index (κ1) is 19.9. The minimum Gasteiger partial charge on any atom is -0.390 e. The number of fused-ring (bicyclic) bond motifs is 1. The van der Waals surface area contributed by atoms with Crippen molar-refractivity contribution >= 4 is 0 Å². The fourth-order valence-electron chi connectivity index (χ4n) is 8.63. The molecule has 166 valence electrons. The second-order valence-electron chi connectivity index (χ2n) is 11.2. The van der Waals surface area contributed by atoms with Crippen molar-refractivity contribution in [2.45, 2.75) is 81.6 Å². The van der Waals surface area contributed by atoms with Crippen LogP contribution in [-0.4, -0.2) is 76.2 Å². The first-order valence-electron chi connectivity index (χ1n) is 11.7. The zero-order chi connectivity index (χ0) is 21.2. The van der Waals surface area contributed by atoms with E-state index in [2.05, 4.69) is 31.0 Å². The summed E-state index contributed by atoms with van der Waals surface area (Å²) in [4.78, 5) is 2.27. The summed E-state index contributed by atoms with van der Waals surface area (Å²) in [6, 6.07) is 0. The number of aliphatic hydroxyl groups is 3. The number of ether oxygens (including phenoxy) is 2. The minimum absolute atomic E-state index is 0.225. The average Bonchev–Trinajstić information content (AvgIpc) is 2.88. The molecule has 4 aliphatic carbocycles. The van der Waals surface area contributed by atoms with Crippen molar-refractivity contribution in [2.24, 2.45) is 16.7 Å². The van der Waals surface area contributed by atoms with Crippen LogP contribution >= 0.6 is 0 Å². The monoisotopic (exact) mass is 417 g/mol. The van der Waals surface area contributed by atoms with Gasteiger partial charge in [-0.05, 0) is 56.7 Å². The summed E-state index contributed by atoms with van der Waals surface area (Å²) in [6.07, 6.45) is 7.24. The van der Waals surface area contributed by atoms with Gasteiger partial charge >= 0.3 is 0 Å². The maximum Gasteiger partial charge on any atom is 0.167 e. The SMILES string of the molecule is CC(O)C1=CCC23OCCN(C)C[C@@]12C[C@@H](O)[C@]12O[C@@]4(O)CC[C@@]1(C)[C@H](CC=C32)C4. The Morgan fingerprint density at radius 3 is 2.80 bits per heavy atom. The zero-order valence-electron chi connectivity index (χ0n) is 18.4. The van der Waals surface area contributed by atoms with E-state index in [0.717, 1.165) is 37.1 Å². The van der Waals surface area contributed by atoms with Crippen molar-refractivity contribution in [3.05, 3.63) is 23.3 Å². The van der Waals surface area contributed by atoms with Gasteiger partial charge in [0.15, 0.2) is 5.79 Å². The molecule has 2 unspecified atom stereocenters. The lowest BCUT2D eigenvalue weighted by Gasteiger charge is -2.73. The van der Waals surface area contributed by atoms with Gasteiger partial charge in [0.25, 0.3) is 0 Å². The first-order valence-corrected chi connectivity index (χ1v) is 11.7. The second-order valence-corrected chi connectivity index (χ2v) is 11.2. The van der Waals surface area contributed by atoms with E-state index in [-0.39, 0.29) is 5.41 Å². The van der Waals surface area contributed by atoms with Gasteiger partial charge < -0.3 is 29.7 Å². The number of aliphatic hydroxyl groups excluding tert-OH is 2. The highest BCUT2D eigenvalue weighted by atomic mass is 16.7. The second kappa shape index (κ2) is 5.77. The third kappa shape index (κ3) is 1.98. The van der Waals surface area contributed by atoms with Crippen LogP contribution in [0.3, 0.4) is 0 Å². The van der Waals surface area contributed by atoms with Crippen LogP contribution in [0, 0.1) is 16.7 Å². The smallest absolute Gasteiger partial charge is 0.167 e. The molecule has 2 saturated carbocycles. The lowest BCUT2D eigenvalue weighted by molar-refractivity contribution is -0.401. The van der Waals surface area contributed by atoms with Crippen LogP contribution in [0.4, 0.5) is 0 Å². The number of likely N-dealkylation sites (N-methyl/N-ethyl adjacent to an activating group) is 1. The summed E-state index contributed by atoms with van der Waals surface area (Å²) >= 11 is 0. The first-order chi connectivity index (χ1) is 14.1. The van der Waals surface area contributed by atoms with Gasteiger partial charge in [-0.25, -0.2) is 0 Å². The van der Waals surface area contributed by atoms with Crippen molar-refractivity contribution in [1.29, 1.82) is 0 Å². The topological polar surface area (TPSA) is 82.4 Å². The van der Waals surface area contributed by atoms with Crippen molar-refractivity contribution in [1.82, 2.24) is 4.90 Å². The minimum atomic E-state index is -1.17. The van der Waals surface area contributed by atoms with Crippen LogP contribution < -0.4 is 0 Å². The van der Waals surface area contributed by atoms with Crippen molar-refractivity contribution in [3.63, 3.8) is 0 Å². The van der Waals surface area contributed by atoms with Crippen LogP contribution in [0.1, 0.15) is 52.4 Å². The Morgan fingerprint density at radius 1 is 1.23 bits per heavy atom. The molecular formula is C24H35NO5. The Bertz CT molecular complexity index is 855. The Hall–Kier alpha value is -0.760. The van der Waals surface area contributed by atoms with Gasteiger partial charge in [0.1, 0.15) is 11.2 Å². The maximum atomic E-state index is 11.9. The fourth-order valence-corrected chi connectivity index (χ4v) is 8.63. The van der Waals surface area contributed by atoms with E-state index in [0.29, 0.717) is 38.2 Å². The molecule has 0 radical (unpaired) electrons. The molecule has 4 bridgehead atoms. The molecular weight excluding hydrogens is 382 g/mol. The fraction of sp³-hybridized carbons (Fsp3) is 0.833. The normalized spacial score (nSPS) is 55.7. The summed E-state index contributed by atoms with van der Waals surface area (Å²) in [5, 5.41) is 33.9. The Balaban J connectivity index is 1.60. The Labute approximate surface area is 178 Å². The van der Waals surface area contributed by atoms with Crippen LogP contribution in [0.15, 0.2) is 23.3 Å². The van der Waals surface area contributed by atoms with Gasteiger partial charge in [-0.2, -0.15) is 0 Å². The molecule has 8 atom stereocenters. The molecule has 7 rings (SSSR count). The molecule has 0 aromatic carbocycles.